The number of para-hydroxylation sites is 3. The molecule has 0 fully saturated rings. The number of hydrogen-bond acceptors (Lipinski definition) is 3. The summed E-state index contributed by atoms with van der Waals surface area (Å²) in [4.78, 5) is 21.3. The fraction of sp³-hybridized carbons (Fsp3) is 0.120. The summed E-state index contributed by atoms with van der Waals surface area (Å²) in [6.45, 7) is 4.04. The molecule has 0 saturated heterocycles. The Kier molecular flexibility index (Phi) is 4.68. The van der Waals surface area contributed by atoms with Crippen molar-refractivity contribution in [2.75, 3.05) is 5.75 Å². The van der Waals surface area contributed by atoms with Gasteiger partial charge in [0.05, 0.1) is 16.8 Å². The van der Waals surface area contributed by atoms with Crippen molar-refractivity contribution >= 4 is 39.5 Å². The molecule has 0 spiro atoms. The third kappa shape index (κ3) is 3.21. The van der Waals surface area contributed by atoms with Crippen LogP contribution in [0.5, 0.6) is 0 Å². The average molecular weight is 412 g/mol. The quantitative estimate of drug-likeness (QED) is 0.281. The van der Waals surface area contributed by atoms with E-state index in [0.717, 1.165) is 44.0 Å². The summed E-state index contributed by atoms with van der Waals surface area (Å²) < 4.78 is 2.14. The lowest BCUT2D eigenvalue weighted by Gasteiger charge is -2.10. The predicted octanol–water partition coefficient (Wildman–Crippen LogP) is 6.10. The van der Waals surface area contributed by atoms with Crippen molar-refractivity contribution in [3.05, 3.63) is 89.6 Å². The highest BCUT2D eigenvalue weighted by Crippen LogP contribution is 2.30. The van der Waals surface area contributed by atoms with Crippen molar-refractivity contribution in [3.63, 3.8) is 0 Å². The van der Waals surface area contributed by atoms with E-state index >= 15 is 0 Å². The number of aromatic amines is 1. The minimum atomic E-state index is 0.109. The Balaban J connectivity index is 1.52. The molecule has 0 amide bonds. The molecule has 0 atom stereocenters. The molecule has 0 aliphatic rings. The number of benzene rings is 3. The molecule has 30 heavy (non-hydrogen) atoms. The van der Waals surface area contributed by atoms with Gasteiger partial charge in [0.2, 0.25) is 0 Å². The molecule has 5 aromatic rings. The number of ketones is 1. The molecular formula is C25H21N3OS. The van der Waals surface area contributed by atoms with Gasteiger partial charge in [0, 0.05) is 27.8 Å². The predicted molar refractivity (Wildman–Crippen MR) is 124 cm³/mol. The summed E-state index contributed by atoms with van der Waals surface area (Å²) in [5.41, 5.74) is 6.90. The number of rotatable bonds is 5. The van der Waals surface area contributed by atoms with Crippen LogP contribution in [0.3, 0.4) is 0 Å². The average Bonchev–Trinajstić information content (AvgIpc) is 3.28. The van der Waals surface area contributed by atoms with Crippen molar-refractivity contribution in [2.24, 2.45) is 0 Å². The first-order valence-corrected chi connectivity index (χ1v) is 10.9. The molecule has 4 nitrogen and oxygen atoms in total. The van der Waals surface area contributed by atoms with E-state index in [0.29, 0.717) is 5.75 Å². The van der Waals surface area contributed by atoms with Gasteiger partial charge >= 0.3 is 0 Å². The van der Waals surface area contributed by atoms with E-state index in [2.05, 4.69) is 40.7 Å². The Morgan fingerprint density at radius 1 is 1.00 bits per heavy atom. The molecule has 0 bridgehead atoms. The molecule has 0 radical (unpaired) electrons. The zero-order valence-corrected chi connectivity index (χ0v) is 17.7. The molecule has 0 saturated carbocycles. The maximum Gasteiger partial charge on any atom is 0.175 e. The van der Waals surface area contributed by atoms with Gasteiger partial charge in [-0.3, -0.25) is 9.36 Å². The van der Waals surface area contributed by atoms with Gasteiger partial charge in [-0.15, -0.1) is 0 Å². The number of nitrogens with one attached hydrogen (secondary N) is 1. The van der Waals surface area contributed by atoms with Crippen molar-refractivity contribution in [1.82, 2.24) is 14.5 Å². The minimum Gasteiger partial charge on any atom is -0.358 e. The summed E-state index contributed by atoms with van der Waals surface area (Å²) in [5, 5.41) is 1.81. The second-order valence-corrected chi connectivity index (χ2v) is 8.38. The standard InChI is InChI=1S/C25H21N3OS/c1-16-8-7-9-18(14-16)28-22-13-6-5-12-21(22)27-25(28)30-15-23(29)24-17(2)26-20-11-4-3-10-19(20)24/h3-14,26H,15H2,1-2H3. The van der Waals surface area contributed by atoms with Crippen LogP contribution in [0.1, 0.15) is 21.6 Å². The van der Waals surface area contributed by atoms with Crippen molar-refractivity contribution in [2.45, 2.75) is 19.0 Å². The highest BCUT2D eigenvalue weighted by Gasteiger charge is 2.19. The molecule has 0 aliphatic carbocycles. The molecule has 1 N–H and O–H groups in total. The van der Waals surface area contributed by atoms with Crippen LogP contribution in [0.25, 0.3) is 27.6 Å². The number of H-pyrrole nitrogens is 1. The SMILES string of the molecule is Cc1cccc(-n2c(SCC(=O)c3c(C)[nH]c4ccccc34)nc3ccccc32)c1. The summed E-state index contributed by atoms with van der Waals surface area (Å²) in [5.74, 6) is 0.440. The van der Waals surface area contributed by atoms with Crippen molar-refractivity contribution in [1.29, 1.82) is 0 Å². The number of carbonyl (C=O) groups excluding carboxylic acids is 1. The van der Waals surface area contributed by atoms with E-state index in [1.165, 1.54) is 17.3 Å². The third-order valence-corrected chi connectivity index (χ3v) is 6.23. The first kappa shape index (κ1) is 18.7. The number of fused-ring (bicyclic) bond motifs is 2. The number of imidazole rings is 1. The van der Waals surface area contributed by atoms with E-state index in [4.69, 9.17) is 4.98 Å². The summed E-state index contributed by atoms with van der Waals surface area (Å²) >= 11 is 1.49. The van der Waals surface area contributed by atoms with Crippen LogP contribution >= 0.6 is 11.8 Å². The van der Waals surface area contributed by atoms with Gasteiger partial charge in [-0.25, -0.2) is 4.98 Å². The Morgan fingerprint density at radius 2 is 1.80 bits per heavy atom. The maximum atomic E-state index is 13.2. The fourth-order valence-electron chi connectivity index (χ4n) is 3.96. The number of thioether (sulfide) groups is 1. The van der Waals surface area contributed by atoms with Crippen molar-refractivity contribution < 1.29 is 4.79 Å². The number of nitrogens with zero attached hydrogens (tertiary/aromatic N) is 2. The first-order chi connectivity index (χ1) is 14.6. The van der Waals surface area contributed by atoms with Gasteiger partial charge < -0.3 is 4.98 Å². The van der Waals surface area contributed by atoms with Gasteiger partial charge in [-0.05, 0) is 49.7 Å². The van der Waals surface area contributed by atoms with Crippen LogP contribution in [0, 0.1) is 13.8 Å². The molecule has 5 heteroatoms. The molecule has 5 rings (SSSR count). The van der Waals surface area contributed by atoms with Crippen LogP contribution in [-0.2, 0) is 0 Å². The molecular weight excluding hydrogens is 390 g/mol. The molecule has 148 valence electrons. The summed E-state index contributed by atoms with van der Waals surface area (Å²) in [7, 11) is 0. The van der Waals surface area contributed by atoms with Crippen LogP contribution in [0.15, 0.2) is 78.0 Å². The van der Waals surface area contributed by atoms with E-state index in [1.54, 1.807) is 0 Å². The Bertz CT molecular complexity index is 1400. The summed E-state index contributed by atoms with van der Waals surface area (Å²) in [6, 6.07) is 24.4. The summed E-state index contributed by atoms with van der Waals surface area (Å²) in [6.07, 6.45) is 0. The zero-order valence-electron chi connectivity index (χ0n) is 16.8. The van der Waals surface area contributed by atoms with Gasteiger partial charge in [-0.1, -0.05) is 54.2 Å². The number of aromatic nitrogens is 3. The lowest BCUT2D eigenvalue weighted by Crippen LogP contribution is -2.05. The number of aryl methyl sites for hydroxylation is 2. The van der Waals surface area contributed by atoms with Gasteiger partial charge in [0.1, 0.15) is 0 Å². The lowest BCUT2D eigenvalue weighted by molar-refractivity contribution is 0.102. The normalized spacial score (nSPS) is 11.4. The smallest absolute Gasteiger partial charge is 0.175 e. The molecule has 0 aliphatic heterocycles. The number of carbonyl (C=O) groups is 1. The Labute approximate surface area is 179 Å². The Morgan fingerprint density at radius 3 is 2.67 bits per heavy atom. The monoisotopic (exact) mass is 411 g/mol. The molecule has 0 unspecified atom stereocenters. The fourth-order valence-corrected chi connectivity index (χ4v) is 4.86. The van der Waals surface area contributed by atoms with Gasteiger partial charge in [-0.2, -0.15) is 0 Å². The second-order valence-electron chi connectivity index (χ2n) is 7.44. The van der Waals surface area contributed by atoms with Crippen LogP contribution in [0.4, 0.5) is 0 Å². The van der Waals surface area contributed by atoms with Gasteiger partial charge in [0.25, 0.3) is 0 Å². The van der Waals surface area contributed by atoms with E-state index in [9.17, 15) is 4.79 Å². The maximum absolute atomic E-state index is 13.2. The van der Waals surface area contributed by atoms with Crippen LogP contribution < -0.4 is 0 Å². The van der Waals surface area contributed by atoms with Crippen molar-refractivity contribution in [3.8, 4) is 5.69 Å². The topological polar surface area (TPSA) is 50.7 Å². The third-order valence-electron chi connectivity index (χ3n) is 5.29. The highest BCUT2D eigenvalue weighted by atomic mass is 32.2. The number of Topliss-reactive ketones (excluding diaryl/α,β-unsaturated/α-hetero) is 1. The number of hydrogen-bond donors (Lipinski definition) is 1. The lowest BCUT2D eigenvalue weighted by atomic mass is 10.1. The van der Waals surface area contributed by atoms with E-state index in [1.807, 2.05) is 55.5 Å². The molecule has 2 aromatic heterocycles. The van der Waals surface area contributed by atoms with Gasteiger partial charge in [0.15, 0.2) is 10.9 Å². The van der Waals surface area contributed by atoms with E-state index < -0.39 is 0 Å². The highest BCUT2D eigenvalue weighted by molar-refractivity contribution is 7.99. The largest absolute Gasteiger partial charge is 0.358 e. The van der Waals surface area contributed by atoms with E-state index in [-0.39, 0.29) is 5.78 Å². The molecule has 3 aromatic carbocycles. The first-order valence-electron chi connectivity index (χ1n) is 9.89. The zero-order chi connectivity index (χ0) is 20.7. The minimum absolute atomic E-state index is 0.109. The van der Waals surface area contributed by atoms with Crippen LogP contribution in [-0.4, -0.2) is 26.1 Å². The second kappa shape index (κ2) is 7.50. The Hall–Kier alpha value is -3.31. The molecule has 2 heterocycles. The van der Waals surface area contributed by atoms with Crippen LogP contribution in [0.2, 0.25) is 0 Å².